The minimum Gasteiger partial charge on any atom is -0.486 e. The van der Waals surface area contributed by atoms with Crippen molar-refractivity contribution >= 4 is 50.7 Å². The van der Waals surface area contributed by atoms with Gasteiger partial charge in [0.25, 0.3) is 0 Å². The molecule has 0 spiro atoms. The normalized spacial score (nSPS) is 13.5. The summed E-state index contributed by atoms with van der Waals surface area (Å²) in [6, 6.07) is 9.18. The number of carbonyl (C=O) groups excluding carboxylic acids is 2. The number of sulfonamides is 1. The maximum Gasteiger partial charge on any atom is 0.242 e. The third kappa shape index (κ3) is 7.43. The van der Waals surface area contributed by atoms with E-state index in [0.29, 0.717) is 52.4 Å². The lowest BCUT2D eigenvalue weighted by Gasteiger charge is -2.31. The molecule has 1 aliphatic heterocycles. The molecule has 2 aromatic carbocycles. The average molecular weight is 573 g/mol. The van der Waals surface area contributed by atoms with Crippen molar-refractivity contribution in [2.24, 2.45) is 0 Å². The van der Waals surface area contributed by atoms with Crippen LogP contribution in [0.4, 0.5) is 5.69 Å². The smallest absolute Gasteiger partial charge is 0.242 e. The van der Waals surface area contributed by atoms with Crippen LogP contribution < -0.4 is 19.1 Å². The summed E-state index contributed by atoms with van der Waals surface area (Å²) in [5.74, 6) is 0.429. The maximum absolute atomic E-state index is 13.4. The van der Waals surface area contributed by atoms with Crippen LogP contribution in [0.2, 0.25) is 10.0 Å². The van der Waals surface area contributed by atoms with Gasteiger partial charge in [0.05, 0.1) is 11.9 Å². The van der Waals surface area contributed by atoms with Crippen LogP contribution in [0.3, 0.4) is 0 Å². The molecule has 0 fully saturated rings. The molecule has 0 aliphatic carbocycles. The number of hydrogen-bond acceptors (Lipinski definition) is 6. The topological polar surface area (TPSA) is 105 Å². The molecule has 2 amide bonds. The van der Waals surface area contributed by atoms with E-state index in [9.17, 15) is 18.0 Å². The van der Waals surface area contributed by atoms with Gasteiger partial charge in [0.15, 0.2) is 11.5 Å². The number of likely N-dealkylation sites (N-methyl/N-ethyl adjacent to an activating group) is 1. The second-order valence-corrected chi connectivity index (χ2v) is 11.3. The number of fused-ring (bicyclic) bond motifs is 1. The maximum atomic E-state index is 13.4. The molecule has 9 nitrogen and oxygen atoms in total. The number of benzene rings is 2. The first-order chi connectivity index (χ1) is 17.5. The summed E-state index contributed by atoms with van der Waals surface area (Å²) in [7, 11) is -2.13. The third-order valence-corrected chi connectivity index (χ3v) is 7.74. The van der Waals surface area contributed by atoms with E-state index in [1.807, 2.05) is 6.92 Å². The van der Waals surface area contributed by atoms with E-state index in [0.717, 1.165) is 6.26 Å². The summed E-state index contributed by atoms with van der Waals surface area (Å²) in [4.78, 5) is 27.4. The quantitative estimate of drug-likeness (QED) is 0.439. The van der Waals surface area contributed by atoms with Crippen molar-refractivity contribution in [2.75, 3.05) is 37.4 Å². The van der Waals surface area contributed by atoms with Crippen LogP contribution in [-0.4, -0.2) is 64.2 Å². The summed E-state index contributed by atoms with van der Waals surface area (Å²) < 4.78 is 37.5. The first-order valence-electron chi connectivity index (χ1n) is 11.9. The van der Waals surface area contributed by atoms with Crippen LogP contribution in [-0.2, 0) is 26.2 Å². The number of nitrogens with one attached hydrogen (secondary N) is 1. The Hall–Kier alpha value is -2.69. The van der Waals surface area contributed by atoms with Crippen molar-refractivity contribution in [3.63, 3.8) is 0 Å². The second kappa shape index (κ2) is 12.7. The van der Waals surface area contributed by atoms with Gasteiger partial charge in [-0.05, 0) is 42.7 Å². The molecule has 3 rings (SSSR count). The second-order valence-electron chi connectivity index (χ2n) is 8.56. The van der Waals surface area contributed by atoms with Crippen LogP contribution in [0.5, 0.6) is 11.5 Å². The number of halogens is 2. The Morgan fingerprint density at radius 1 is 1.08 bits per heavy atom. The summed E-state index contributed by atoms with van der Waals surface area (Å²) in [6.07, 6.45) is 1.76. The molecule has 2 aromatic rings. The molecule has 0 aromatic heterocycles. The van der Waals surface area contributed by atoms with E-state index >= 15 is 0 Å². The van der Waals surface area contributed by atoms with E-state index in [-0.39, 0.29) is 37.7 Å². The number of rotatable bonds is 11. The first-order valence-corrected chi connectivity index (χ1v) is 14.5. The van der Waals surface area contributed by atoms with Gasteiger partial charge < -0.3 is 19.7 Å². The standard InChI is InChI=1S/C25H31Cl2N3O6S/c1-4-21(25(32)28-2)29(16-17-7-8-18(26)14-20(17)27)24(31)6-5-11-30(37(3,33)34)19-9-10-22-23(15-19)36-13-12-35-22/h7-10,14-15,21H,4-6,11-13,16H2,1-3H3,(H,28,32). The first kappa shape index (κ1) is 28.9. The molecular formula is C25H31Cl2N3O6S. The Morgan fingerprint density at radius 2 is 1.78 bits per heavy atom. The molecule has 1 aliphatic rings. The monoisotopic (exact) mass is 571 g/mol. The lowest BCUT2D eigenvalue weighted by Crippen LogP contribution is -2.48. The predicted octanol–water partition coefficient (Wildman–Crippen LogP) is 3.86. The Kier molecular flexibility index (Phi) is 9.92. The average Bonchev–Trinajstić information content (AvgIpc) is 2.86. The van der Waals surface area contributed by atoms with Gasteiger partial charge in [-0.15, -0.1) is 0 Å². The molecule has 1 N–H and O–H groups in total. The third-order valence-electron chi connectivity index (χ3n) is 5.95. The molecule has 202 valence electrons. The van der Waals surface area contributed by atoms with Gasteiger partial charge in [-0.3, -0.25) is 13.9 Å². The predicted molar refractivity (Wildman–Crippen MR) is 144 cm³/mol. The minimum absolute atomic E-state index is 0.0231. The summed E-state index contributed by atoms with van der Waals surface area (Å²) in [5, 5.41) is 3.46. The van der Waals surface area contributed by atoms with Crippen LogP contribution >= 0.6 is 23.2 Å². The Labute approximate surface area is 227 Å². The van der Waals surface area contributed by atoms with Crippen molar-refractivity contribution in [3.05, 3.63) is 52.0 Å². The molecule has 1 heterocycles. The fourth-order valence-corrected chi connectivity index (χ4v) is 5.54. The van der Waals surface area contributed by atoms with Gasteiger partial charge in [-0.1, -0.05) is 36.2 Å². The molecule has 0 radical (unpaired) electrons. The van der Waals surface area contributed by atoms with Gasteiger partial charge in [0.2, 0.25) is 21.8 Å². The van der Waals surface area contributed by atoms with Crippen molar-refractivity contribution in [3.8, 4) is 11.5 Å². The van der Waals surface area contributed by atoms with Crippen molar-refractivity contribution in [1.29, 1.82) is 0 Å². The fraction of sp³-hybridized carbons (Fsp3) is 0.440. The van der Waals surface area contributed by atoms with Gasteiger partial charge >= 0.3 is 0 Å². The van der Waals surface area contributed by atoms with Crippen LogP contribution in [0.15, 0.2) is 36.4 Å². The van der Waals surface area contributed by atoms with E-state index in [4.69, 9.17) is 32.7 Å². The highest BCUT2D eigenvalue weighted by atomic mass is 35.5. The Bertz CT molecular complexity index is 1240. The fourth-order valence-electron chi connectivity index (χ4n) is 4.11. The molecule has 0 saturated heterocycles. The summed E-state index contributed by atoms with van der Waals surface area (Å²) in [5.41, 5.74) is 1.07. The summed E-state index contributed by atoms with van der Waals surface area (Å²) >= 11 is 12.3. The Balaban J connectivity index is 1.77. The van der Waals surface area contributed by atoms with E-state index < -0.39 is 16.1 Å². The molecule has 0 saturated carbocycles. The number of nitrogens with zero attached hydrogens (tertiary/aromatic N) is 2. The van der Waals surface area contributed by atoms with Gasteiger partial charge in [0.1, 0.15) is 19.3 Å². The number of amides is 2. The zero-order valence-corrected chi connectivity index (χ0v) is 23.3. The van der Waals surface area contributed by atoms with E-state index in [1.54, 1.807) is 36.4 Å². The highest BCUT2D eigenvalue weighted by molar-refractivity contribution is 7.92. The molecule has 12 heteroatoms. The van der Waals surface area contributed by atoms with Crippen molar-refractivity contribution in [1.82, 2.24) is 10.2 Å². The molecule has 1 atom stereocenters. The van der Waals surface area contributed by atoms with E-state index in [1.165, 1.54) is 16.3 Å². The zero-order valence-electron chi connectivity index (χ0n) is 21.0. The number of carbonyl (C=O) groups is 2. The lowest BCUT2D eigenvalue weighted by molar-refractivity contribution is -0.141. The SMILES string of the molecule is CCC(C(=O)NC)N(Cc1ccc(Cl)cc1Cl)C(=O)CCCN(c1ccc2c(c1)OCCO2)S(C)(=O)=O. The van der Waals surface area contributed by atoms with Gasteiger partial charge in [-0.2, -0.15) is 0 Å². The number of anilines is 1. The molecule has 0 bridgehead atoms. The molecular weight excluding hydrogens is 541 g/mol. The minimum atomic E-state index is -3.64. The van der Waals surface area contributed by atoms with Gasteiger partial charge in [-0.25, -0.2) is 8.42 Å². The zero-order chi connectivity index (χ0) is 27.2. The molecule has 37 heavy (non-hydrogen) atoms. The lowest BCUT2D eigenvalue weighted by atomic mass is 10.1. The van der Waals surface area contributed by atoms with Crippen molar-refractivity contribution in [2.45, 2.75) is 38.8 Å². The van der Waals surface area contributed by atoms with E-state index in [2.05, 4.69) is 5.32 Å². The van der Waals surface area contributed by atoms with Gasteiger partial charge in [0, 0.05) is 42.7 Å². The summed E-state index contributed by atoms with van der Waals surface area (Å²) in [6.45, 7) is 2.80. The highest BCUT2D eigenvalue weighted by Crippen LogP contribution is 2.35. The largest absolute Gasteiger partial charge is 0.486 e. The Morgan fingerprint density at radius 3 is 2.41 bits per heavy atom. The highest BCUT2D eigenvalue weighted by Gasteiger charge is 2.29. The van der Waals surface area contributed by atoms with Crippen LogP contribution in [0, 0.1) is 0 Å². The van der Waals surface area contributed by atoms with Crippen molar-refractivity contribution < 1.29 is 27.5 Å². The molecule has 1 unspecified atom stereocenters. The number of ether oxygens (including phenoxy) is 2. The number of hydrogen-bond donors (Lipinski definition) is 1. The van der Waals surface area contributed by atoms with Crippen LogP contribution in [0.1, 0.15) is 31.7 Å². The van der Waals surface area contributed by atoms with Crippen LogP contribution in [0.25, 0.3) is 0 Å².